The molecule has 7 heteroatoms. The number of carbonyl (C=O) groups excluding carboxylic acids is 2. The summed E-state index contributed by atoms with van der Waals surface area (Å²) in [7, 11) is 0. The normalized spacial score (nSPS) is 26.5. The summed E-state index contributed by atoms with van der Waals surface area (Å²) in [5.41, 5.74) is 0. The molecule has 2 unspecified atom stereocenters. The minimum Gasteiger partial charge on any atom is -0.338 e. The third-order valence-corrected chi connectivity index (χ3v) is 6.25. The van der Waals surface area contributed by atoms with E-state index in [0.717, 1.165) is 77.2 Å². The molecular weight excluding hydrogens is 342 g/mol. The molecule has 3 fully saturated rings. The van der Waals surface area contributed by atoms with Gasteiger partial charge >= 0.3 is 0 Å². The summed E-state index contributed by atoms with van der Waals surface area (Å²) in [4.78, 5) is 39.9. The highest BCUT2D eigenvalue weighted by Gasteiger charge is 2.47. The number of likely N-dealkylation sites (tertiary alicyclic amines) is 1. The van der Waals surface area contributed by atoms with E-state index in [2.05, 4.69) is 19.8 Å². The van der Waals surface area contributed by atoms with Crippen LogP contribution < -0.4 is 4.90 Å². The molecule has 2 atom stereocenters. The van der Waals surface area contributed by atoms with Gasteiger partial charge in [0.15, 0.2) is 0 Å². The van der Waals surface area contributed by atoms with E-state index < -0.39 is 0 Å². The number of hydrogen-bond donors (Lipinski definition) is 0. The first kappa shape index (κ1) is 18.3. The van der Waals surface area contributed by atoms with E-state index in [0.29, 0.717) is 6.54 Å². The first-order chi connectivity index (χ1) is 13.2. The lowest BCUT2D eigenvalue weighted by Gasteiger charge is -2.34. The highest BCUT2D eigenvalue weighted by Crippen LogP contribution is 2.38. The maximum Gasteiger partial charge on any atom is 0.233 e. The van der Waals surface area contributed by atoms with E-state index in [4.69, 9.17) is 0 Å². The lowest BCUT2D eigenvalue weighted by atomic mass is 9.81. The average Bonchev–Trinajstić information content (AvgIpc) is 2.97. The molecule has 3 heterocycles. The fourth-order valence-corrected chi connectivity index (χ4v) is 4.68. The molecule has 0 aromatic carbocycles. The highest BCUT2D eigenvalue weighted by atomic mass is 16.2. The molecule has 0 spiro atoms. The molecule has 0 N–H and O–H groups in total. The molecule has 2 saturated heterocycles. The number of hydrogen-bond acceptors (Lipinski definition) is 6. The summed E-state index contributed by atoms with van der Waals surface area (Å²) in [6, 6.07) is 1.84. The Hall–Kier alpha value is -2.02. The molecule has 1 saturated carbocycles. The zero-order chi connectivity index (χ0) is 18.6. The summed E-state index contributed by atoms with van der Waals surface area (Å²) in [6.45, 7) is 5.51. The van der Waals surface area contributed by atoms with Gasteiger partial charge in [-0.2, -0.15) is 0 Å². The van der Waals surface area contributed by atoms with Gasteiger partial charge in [-0.3, -0.25) is 19.4 Å². The quantitative estimate of drug-likeness (QED) is 0.558. The lowest BCUT2D eigenvalue weighted by Crippen LogP contribution is -2.47. The molecule has 1 aromatic heterocycles. The van der Waals surface area contributed by atoms with Crippen molar-refractivity contribution in [2.24, 2.45) is 11.8 Å². The predicted octanol–water partition coefficient (Wildman–Crippen LogP) is 1.55. The fraction of sp³-hybridized carbons (Fsp3) is 0.700. The zero-order valence-electron chi connectivity index (χ0n) is 15.9. The van der Waals surface area contributed by atoms with E-state index in [9.17, 15) is 9.59 Å². The summed E-state index contributed by atoms with van der Waals surface area (Å²) in [6.07, 6.45) is 9.48. The number of piperazine rings is 1. The second-order valence-corrected chi connectivity index (χ2v) is 7.91. The van der Waals surface area contributed by atoms with Crippen molar-refractivity contribution in [3.05, 3.63) is 18.5 Å². The Labute approximate surface area is 160 Å². The van der Waals surface area contributed by atoms with Gasteiger partial charge in [0.25, 0.3) is 0 Å². The Morgan fingerprint density at radius 3 is 2.07 bits per heavy atom. The molecule has 2 aliphatic heterocycles. The van der Waals surface area contributed by atoms with Crippen molar-refractivity contribution in [2.75, 3.05) is 44.2 Å². The van der Waals surface area contributed by atoms with E-state index >= 15 is 0 Å². The number of carbonyl (C=O) groups is 2. The van der Waals surface area contributed by atoms with Crippen LogP contribution >= 0.6 is 0 Å². The van der Waals surface area contributed by atoms with Gasteiger partial charge in [-0.1, -0.05) is 12.8 Å². The molecule has 0 bridgehead atoms. The van der Waals surface area contributed by atoms with Crippen LogP contribution in [0.5, 0.6) is 0 Å². The summed E-state index contributed by atoms with van der Waals surface area (Å²) in [5.74, 6) is 0.978. The molecule has 2 amide bonds. The minimum absolute atomic E-state index is 0.0143. The monoisotopic (exact) mass is 371 g/mol. The van der Waals surface area contributed by atoms with Crippen molar-refractivity contribution < 1.29 is 9.59 Å². The van der Waals surface area contributed by atoms with Gasteiger partial charge in [0.1, 0.15) is 0 Å². The van der Waals surface area contributed by atoms with Gasteiger partial charge in [-0.25, -0.2) is 9.97 Å². The van der Waals surface area contributed by atoms with Gasteiger partial charge in [0.2, 0.25) is 17.8 Å². The first-order valence-electron chi connectivity index (χ1n) is 10.3. The number of imide groups is 1. The third-order valence-electron chi connectivity index (χ3n) is 6.25. The van der Waals surface area contributed by atoms with Gasteiger partial charge in [0.05, 0.1) is 11.8 Å². The number of anilines is 1. The molecule has 1 aromatic rings. The molecule has 4 rings (SSSR count). The van der Waals surface area contributed by atoms with Gasteiger partial charge < -0.3 is 4.90 Å². The number of fused-ring (bicyclic) bond motifs is 1. The molecule has 3 aliphatic rings. The minimum atomic E-state index is -0.0143. The van der Waals surface area contributed by atoms with Crippen LogP contribution in [0, 0.1) is 11.8 Å². The number of aromatic nitrogens is 2. The average molecular weight is 371 g/mol. The van der Waals surface area contributed by atoms with E-state index in [1.54, 1.807) is 17.3 Å². The Morgan fingerprint density at radius 1 is 0.852 bits per heavy atom. The van der Waals surface area contributed by atoms with Gasteiger partial charge in [0, 0.05) is 45.1 Å². The molecule has 0 radical (unpaired) electrons. The van der Waals surface area contributed by atoms with Crippen LogP contribution in [0.25, 0.3) is 0 Å². The SMILES string of the molecule is O=C1C2CCCCC2C(=O)N1CCCCN1CCN(c2ncccn2)CC1. The number of nitrogens with zero attached hydrogens (tertiary/aromatic N) is 5. The van der Waals surface area contributed by atoms with Crippen LogP contribution in [-0.4, -0.2) is 70.9 Å². The largest absolute Gasteiger partial charge is 0.338 e. The van der Waals surface area contributed by atoms with E-state index in [1.165, 1.54) is 0 Å². The number of rotatable bonds is 6. The van der Waals surface area contributed by atoms with Gasteiger partial charge in [-0.05, 0) is 38.3 Å². The van der Waals surface area contributed by atoms with Crippen molar-refractivity contribution in [3.8, 4) is 0 Å². The standard InChI is InChI=1S/C20H29N5O2/c26-18-16-6-1-2-7-17(16)19(27)25(18)11-4-3-10-23-12-14-24(15-13-23)20-21-8-5-9-22-20/h5,8-9,16-17H,1-4,6-7,10-15H2. The molecule has 146 valence electrons. The molecular formula is C20H29N5O2. The number of unbranched alkanes of at least 4 members (excludes halogenated alkanes) is 1. The van der Waals surface area contributed by atoms with Gasteiger partial charge in [-0.15, -0.1) is 0 Å². The second-order valence-electron chi connectivity index (χ2n) is 7.91. The van der Waals surface area contributed by atoms with Crippen molar-refractivity contribution in [3.63, 3.8) is 0 Å². The van der Waals surface area contributed by atoms with Crippen molar-refractivity contribution in [2.45, 2.75) is 38.5 Å². The Balaban J connectivity index is 1.17. The van der Waals surface area contributed by atoms with E-state index in [1.807, 2.05) is 6.07 Å². The molecule has 7 nitrogen and oxygen atoms in total. The highest BCUT2D eigenvalue weighted by molar-refractivity contribution is 6.05. The van der Waals surface area contributed by atoms with Crippen LogP contribution in [0.15, 0.2) is 18.5 Å². The van der Waals surface area contributed by atoms with Crippen LogP contribution in [0.4, 0.5) is 5.95 Å². The smallest absolute Gasteiger partial charge is 0.233 e. The summed E-state index contributed by atoms with van der Waals surface area (Å²) < 4.78 is 0. The fourth-order valence-electron chi connectivity index (χ4n) is 4.68. The summed E-state index contributed by atoms with van der Waals surface area (Å²) in [5, 5.41) is 0. The van der Waals surface area contributed by atoms with Crippen LogP contribution in [-0.2, 0) is 9.59 Å². The Morgan fingerprint density at radius 2 is 1.44 bits per heavy atom. The van der Waals surface area contributed by atoms with Crippen molar-refractivity contribution in [1.29, 1.82) is 0 Å². The third kappa shape index (κ3) is 3.98. The first-order valence-corrected chi connectivity index (χ1v) is 10.3. The predicted molar refractivity (Wildman–Crippen MR) is 102 cm³/mol. The van der Waals surface area contributed by atoms with Crippen molar-refractivity contribution >= 4 is 17.8 Å². The molecule has 27 heavy (non-hydrogen) atoms. The topological polar surface area (TPSA) is 69.6 Å². The van der Waals surface area contributed by atoms with Crippen LogP contribution in [0.3, 0.4) is 0 Å². The second kappa shape index (κ2) is 8.33. The van der Waals surface area contributed by atoms with Crippen LogP contribution in [0.1, 0.15) is 38.5 Å². The van der Waals surface area contributed by atoms with Crippen LogP contribution in [0.2, 0.25) is 0 Å². The van der Waals surface area contributed by atoms with E-state index in [-0.39, 0.29) is 23.7 Å². The Kier molecular flexibility index (Phi) is 5.66. The maximum absolute atomic E-state index is 12.5. The maximum atomic E-state index is 12.5. The summed E-state index contributed by atoms with van der Waals surface area (Å²) >= 11 is 0. The zero-order valence-corrected chi connectivity index (χ0v) is 15.9. The lowest BCUT2D eigenvalue weighted by molar-refractivity contribution is -0.140. The molecule has 1 aliphatic carbocycles. The Bertz CT molecular complexity index is 636. The number of amides is 2. The van der Waals surface area contributed by atoms with Crippen molar-refractivity contribution in [1.82, 2.24) is 19.8 Å².